The number of nitrogens with one attached hydrogen (secondary N) is 1. The third kappa shape index (κ3) is 3.37. The molecule has 0 unspecified atom stereocenters. The van der Waals surface area contributed by atoms with Crippen LogP contribution in [0.4, 0.5) is 5.69 Å². The van der Waals surface area contributed by atoms with Crippen molar-refractivity contribution in [2.45, 2.75) is 0 Å². The molecule has 0 heterocycles. The number of hydrogen-bond donors (Lipinski definition) is 3. The second-order valence-electron chi connectivity index (χ2n) is 4.22. The van der Waals surface area contributed by atoms with Gasteiger partial charge in [-0.2, -0.15) is 5.10 Å². The Labute approximate surface area is 124 Å². The summed E-state index contributed by atoms with van der Waals surface area (Å²) < 4.78 is 0. The number of benzene rings is 2. The van der Waals surface area contributed by atoms with Gasteiger partial charge in [0, 0.05) is 6.07 Å². The fourth-order valence-electron chi connectivity index (χ4n) is 1.70. The Bertz CT molecular complexity index is 758. The molecule has 0 aliphatic rings. The molecule has 0 fully saturated rings. The Morgan fingerprint density at radius 1 is 1.23 bits per heavy atom. The first-order chi connectivity index (χ1) is 10.5. The minimum atomic E-state index is -0.669. The second-order valence-corrected chi connectivity index (χ2v) is 4.22. The van der Waals surface area contributed by atoms with Gasteiger partial charge in [-0.25, -0.2) is 5.43 Å². The van der Waals surface area contributed by atoms with Gasteiger partial charge in [-0.1, -0.05) is 12.1 Å². The number of nitro benzene ring substituents is 1. The van der Waals surface area contributed by atoms with Crippen LogP contribution in [0.1, 0.15) is 15.9 Å². The lowest BCUT2D eigenvalue weighted by molar-refractivity contribution is -0.385. The molecule has 8 nitrogen and oxygen atoms in total. The van der Waals surface area contributed by atoms with Gasteiger partial charge in [-0.05, 0) is 24.3 Å². The average Bonchev–Trinajstić information content (AvgIpc) is 2.47. The SMILES string of the molecule is O=C(N/N=C\c1cc(O)ccc1[N+](=O)[O-])c1ccccc1O. The van der Waals surface area contributed by atoms with Crippen molar-refractivity contribution in [2.75, 3.05) is 0 Å². The smallest absolute Gasteiger partial charge is 0.278 e. The van der Waals surface area contributed by atoms with Crippen LogP contribution >= 0.6 is 0 Å². The summed E-state index contributed by atoms with van der Waals surface area (Å²) >= 11 is 0. The van der Waals surface area contributed by atoms with E-state index in [9.17, 15) is 25.1 Å². The van der Waals surface area contributed by atoms with E-state index in [4.69, 9.17) is 0 Å². The number of rotatable bonds is 4. The molecule has 1 amide bonds. The van der Waals surface area contributed by atoms with Crippen molar-refractivity contribution in [1.29, 1.82) is 0 Å². The summed E-state index contributed by atoms with van der Waals surface area (Å²) in [6.07, 6.45) is 1.04. The molecule has 2 aromatic rings. The zero-order valence-corrected chi connectivity index (χ0v) is 11.1. The minimum Gasteiger partial charge on any atom is -0.508 e. The first-order valence-electron chi connectivity index (χ1n) is 6.08. The first-order valence-corrected chi connectivity index (χ1v) is 6.08. The highest BCUT2D eigenvalue weighted by molar-refractivity contribution is 5.97. The molecule has 0 aliphatic carbocycles. The van der Waals surface area contributed by atoms with Gasteiger partial charge >= 0.3 is 0 Å². The number of aromatic hydroxyl groups is 2. The zero-order chi connectivity index (χ0) is 16.1. The lowest BCUT2D eigenvalue weighted by Gasteiger charge is -2.02. The van der Waals surface area contributed by atoms with E-state index in [1.165, 1.54) is 18.2 Å². The molecule has 3 N–H and O–H groups in total. The van der Waals surface area contributed by atoms with Gasteiger partial charge in [0.15, 0.2) is 0 Å². The van der Waals surface area contributed by atoms with Crippen LogP contribution in [0.3, 0.4) is 0 Å². The fraction of sp³-hybridized carbons (Fsp3) is 0. The van der Waals surface area contributed by atoms with E-state index in [2.05, 4.69) is 10.5 Å². The molecule has 112 valence electrons. The monoisotopic (exact) mass is 301 g/mol. The lowest BCUT2D eigenvalue weighted by atomic mass is 10.2. The quantitative estimate of drug-likeness (QED) is 0.451. The lowest BCUT2D eigenvalue weighted by Crippen LogP contribution is -2.17. The third-order valence-corrected chi connectivity index (χ3v) is 2.73. The molecule has 0 radical (unpaired) electrons. The summed E-state index contributed by atoms with van der Waals surface area (Å²) in [7, 11) is 0. The molecule has 0 aromatic heterocycles. The van der Waals surface area contributed by atoms with E-state index in [1.54, 1.807) is 12.1 Å². The standard InChI is InChI=1S/C14H11N3O5/c18-10-5-6-12(17(21)22)9(7-10)8-15-16-14(20)11-3-1-2-4-13(11)19/h1-8,18-19H,(H,16,20)/b15-8-. The second kappa shape index (κ2) is 6.35. The van der Waals surface area contributed by atoms with Crippen molar-refractivity contribution < 1.29 is 19.9 Å². The molecule has 0 aliphatic heterocycles. The normalized spacial score (nSPS) is 10.5. The topological polar surface area (TPSA) is 125 Å². The number of phenolic OH excluding ortho intramolecular Hbond substituents is 2. The molecule has 2 rings (SSSR count). The summed E-state index contributed by atoms with van der Waals surface area (Å²) in [6, 6.07) is 9.32. The number of phenols is 2. The average molecular weight is 301 g/mol. The van der Waals surface area contributed by atoms with E-state index in [1.807, 2.05) is 0 Å². The van der Waals surface area contributed by atoms with Crippen LogP contribution in [0.15, 0.2) is 47.6 Å². The van der Waals surface area contributed by atoms with Crippen LogP contribution in [-0.2, 0) is 0 Å². The highest BCUT2D eigenvalue weighted by Gasteiger charge is 2.13. The van der Waals surface area contributed by atoms with Crippen LogP contribution in [0, 0.1) is 10.1 Å². The number of hydrogen-bond acceptors (Lipinski definition) is 6. The van der Waals surface area contributed by atoms with Gasteiger partial charge < -0.3 is 10.2 Å². The first kappa shape index (κ1) is 15.0. The van der Waals surface area contributed by atoms with Crippen molar-refractivity contribution in [2.24, 2.45) is 5.10 Å². The fourth-order valence-corrected chi connectivity index (χ4v) is 1.70. The molecule has 2 aromatic carbocycles. The van der Waals surface area contributed by atoms with Crippen molar-refractivity contribution in [1.82, 2.24) is 5.43 Å². The van der Waals surface area contributed by atoms with Gasteiger partial charge in [-0.3, -0.25) is 14.9 Å². The Kier molecular flexibility index (Phi) is 4.33. The number of hydrazone groups is 1. The molecule has 0 saturated carbocycles. The van der Waals surface area contributed by atoms with Gasteiger partial charge in [0.2, 0.25) is 0 Å². The predicted octanol–water partition coefficient (Wildman–Crippen LogP) is 1.77. The highest BCUT2D eigenvalue weighted by Crippen LogP contribution is 2.21. The third-order valence-electron chi connectivity index (χ3n) is 2.73. The van der Waals surface area contributed by atoms with Crippen molar-refractivity contribution >= 4 is 17.8 Å². The summed E-state index contributed by atoms with van der Waals surface area (Å²) in [4.78, 5) is 22.0. The number of amides is 1. The summed E-state index contributed by atoms with van der Waals surface area (Å²) in [5.41, 5.74) is 1.92. The molecule has 0 saturated heterocycles. The summed E-state index contributed by atoms with van der Waals surface area (Å²) in [5.74, 6) is -1.05. The van der Waals surface area contributed by atoms with E-state index in [0.717, 1.165) is 18.3 Å². The zero-order valence-electron chi connectivity index (χ0n) is 11.1. The maximum absolute atomic E-state index is 11.8. The van der Waals surface area contributed by atoms with Crippen molar-refractivity contribution in [3.8, 4) is 11.5 Å². The molecule has 0 atom stereocenters. The van der Waals surface area contributed by atoms with Gasteiger partial charge in [0.1, 0.15) is 11.5 Å². The minimum absolute atomic E-state index is 0.0186. The molecular formula is C14H11N3O5. The summed E-state index contributed by atoms with van der Waals surface area (Å²) in [6.45, 7) is 0. The molecule has 22 heavy (non-hydrogen) atoms. The van der Waals surface area contributed by atoms with E-state index >= 15 is 0 Å². The number of carbonyl (C=O) groups is 1. The van der Waals surface area contributed by atoms with E-state index < -0.39 is 10.8 Å². The number of nitro groups is 1. The van der Waals surface area contributed by atoms with Gasteiger partial charge in [0.05, 0.1) is 22.3 Å². The molecule has 0 spiro atoms. The van der Waals surface area contributed by atoms with Gasteiger partial charge in [-0.15, -0.1) is 0 Å². The van der Waals surface area contributed by atoms with Crippen molar-refractivity contribution in [3.63, 3.8) is 0 Å². The van der Waals surface area contributed by atoms with Crippen LogP contribution in [0.5, 0.6) is 11.5 Å². The van der Waals surface area contributed by atoms with E-state index in [-0.39, 0.29) is 28.3 Å². The van der Waals surface area contributed by atoms with E-state index in [0.29, 0.717) is 0 Å². The Hall–Kier alpha value is -3.42. The highest BCUT2D eigenvalue weighted by atomic mass is 16.6. The number of para-hydroxylation sites is 1. The Balaban J connectivity index is 2.17. The number of carbonyl (C=O) groups excluding carboxylic acids is 1. The molecular weight excluding hydrogens is 290 g/mol. The van der Waals surface area contributed by atoms with Gasteiger partial charge in [0.25, 0.3) is 11.6 Å². The molecule has 8 heteroatoms. The maximum atomic E-state index is 11.8. The molecule has 0 bridgehead atoms. The van der Waals surface area contributed by atoms with Crippen LogP contribution < -0.4 is 5.43 Å². The predicted molar refractivity (Wildman–Crippen MR) is 77.9 cm³/mol. The van der Waals surface area contributed by atoms with Crippen LogP contribution in [-0.4, -0.2) is 27.3 Å². The number of nitrogens with zero attached hydrogens (tertiary/aromatic N) is 2. The summed E-state index contributed by atoms with van der Waals surface area (Å²) in [5, 5.41) is 33.3. The van der Waals surface area contributed by atoms with Crippen molar-refractivity contribution in [3.05, 3.63) is 63.7 Å². The van der Waals surface area contributed by atoms with Crippen LogP contribution in [0.25, 0.3) is 0 Å². The maximum Gasteiger partial charge on any atom is 0.278 e. The largest absolute Gasteiger partial charge is 0.508 e. The Morgan fingerprint density at radius 2 is 1.95 bits per heavy atom. The van der Waals surface area contributed by atoms with Crippen LogP contribution in [0.2, 0.25) is 0 Å². The Morgan fingerprint density at radius 3 is 2.64 bits per heavy atom.